The average Bonchev–Trinajstić information content (AvgIpc) is 2.89. The summed E-state index contributed by atoms with van der Waals surface area (Å²) in [5.41, 5.74) is 0.957. The first-order valence-corrected chi connectivity index (χ1v) is 6.50. The summed E-state index contributed by atoms with van der Waals surface area (Å²) >= 11 is 0. The topological polar surface area (TPSA) is 69.0 Å². The van der Waals surface area contributed by atoms with Crippen molar-refractivity contribution in [3.63, 3.8) is 0 Å². The second-order valence-electron chi connectivity index (χ2n) is 4.60. The third kappa shape index (κ3) is 2.50. The van der Waals surface area contributed by atoms with Crippen molar-refractivity contribution in [1.82, 2.24) is 19.5 Å². The minimum Gasteiger partial charge on any atom is -0.465 e. The molecular weight excluding hydrogens is 260 g/mol. The summed E-state index contributed by atoms with van der Waals surface area (Å²) in [6.45, 7) is 3.88. The first-order valence-electron chi connectivity index (χ1n) is 6.50. The molecule has 0 radical (unpaired) electrons. The number of carbonyl (C=O) groups is 1. The van der Waals surface area contributed by atoms with Crippen LogP contribution >= 0.6 is 0 Å². The molecule has 1 fully saturated rings. The Labute approximate surface area is 116 Å². The van der Waals surface area contributed by atoms with Crippen molar-refractivity contribution >= 4 is 11.6 Å². The van der Waals surface area contributed by atoms with E-state index in [2.05, 4.69) is 15.0 Å². The number of ether oxygens (including phenoxy) is 2. The molecule has 20 heavy (non-hydrogen) atoms. The van der Waals surface area contributed by atoms with E-state index in [-0.39, 0.29) is 0 Å². The molecule has 7 nitrogen and oxygen atoms in total. The van der Waals surface area contributed by atoms with Gasteiger partial charge in [-0.15, -0.1) is 5.10 Å². The fourth-order valence-corrected chi connectivity index (χ4v) is 2.25. The summed E-state index contributed by atoms with van der Waals surface area (Å²) in [5, 5.41) is 4.40. The van der Waals surface area contributed by atoms with Crippen LogP contribution in [0.4, 0.5) is 0 Å². The van der Waals surface area contributed by atoms with Crippen LogP contribution in [0.15, 0.2) is 18.3 Å². The summed E-state index contributed by atoms with van der Waals surface area (Å²) in [6, 6.07) is 3.45. The van der Waals surface area contributed by atoms with Crippen molar-refractivity contribution in [3.8, 4) is 0 Å². The molecule has 0 aliphatic carbocycles. The molecule has 0 amide bonds. The quantitative estimate of drug-likeness (QED) is 0.753. The zero-order valence-corrected chi connectivity index (χ0v) is 11.3. The summed E-state index contributed by atoms with van der Waals surface area (Å²) in [7, 11) is 1.36. The van der Waals surface area contributed by atoms with Gasteiger partial charge in [-0.3, -0.25) is 4.90 Å². The Morgan fingerprint density at radius 2 is 2.25 bits per heavy atom. The van der Waals surface area contributed by atoms with Gasteiger partial charge < -0.3 is 9.47 Å². The minimum atomic E-state index is -0.402. The fourth-order valence-electron chi connectivity index (χ4n) is 2.25. The molecule has 3 heterocycles. The van der Waals surface area contributed by atoms with Crippen LogP contribution in [0.1, 0.15) is 16.2 Å². The molecule has 1 saturated heterocycles. The molecule has 0 N–H and O–H groups in total. The molecule has 2 aromatic heterocycles. The van der Waals surface area contributed by atoms with E-state index in [0.717, 1.165) is 26.3 Å². The number of esters is 1. The number of hydrogen-bond donors (Lipinski definition) is 0. The number of carbonyl (C=O) groups excluding carboxylic acids is 1. The standard InChI is InChI=1S/C13H16N4O3/c1-19-13(18)10-3-2-4-17-12(10)14-11(15-17)9-16-5-7-20-8-6-16/h2-4H,5-9H2,1H3. The maximum atomic E-state index is 11.7. The molecule has 0 aromatic carbocycles. The van der Waals surface area contributed by atoms with Crippen molar-refractivity contribution in [2.45, 2.75) is 6.54 Å². The van der Waals surface area contributed by atoms with Crippen LogP contribution in [0.2, 0.25) is 0 Å². The zero-order valence-electron chi connectivity index (χ0n) is 11.3. The number of methoxy groups -OCH3 is 1. The largest absolute Gasteiger partial charge is 0.465 e. The lowest BCUT2D eigenvalue weighted by molar-refractivity contribution is 0.0331. The average molecular weight is 276 g/mol. The van der Waals surface area contributed by atoms with Gasteiger partial charge >= 0.3 is 5.97 Å². The van der Waals surface area contributed by atoms with Gasteiger partial charge in [-0.05, 0) is 12.1 Å². The van der Waals surface area contributed by atoms with E-state index in [9.17, 15) is 4.79 Å². The molecule has 0 bridgehead atoms. The smallest absolute Gasteiger partial charge is 0.341 e. The number of nitrogens with zero attached hydrogens (tertiary/aromatic N) is 4. The number of hydrogen-bond acceptors (Lipinski definition) is 6. The van der Waals surface area contributed by atoms with Crippen molar-refractivity contribution in [3.05, 3.63) is 29.7 Å². The van der Waals surface area contributed by atoms with Crippen LogP contribution in [0, 0.1) is 0 Å². The van der Waals surface area contributed by atoms with Gasteiger partial charge in [0.05, 0.1) is 26.9 Å². The highest BCUT2D eigenvalue weighted by Crippen LogP contribution is 2.11. The van der Waals surface area contributed by atoms with Crippen molar-refractivity contribution in [1.29, 1.82) is 0 Å². The first kappa shape index (κ1) is 13.0. The van der Waals surface area contributed by atoms with E-state index < -0.39 is 5.97 Å². The van der Waals surface area contributed by atoms with Crippen LogP contribution in [0.5, 0.6) is 0 Å². The molecule has 3 rings (SSSR count). The molecule has 2 aromatic rings. The summed E-state index contributed by atoms with van der Waals surface area (Å²) in [5.74, 6) is 0.296. The maximum Gasteiger partial charge on any atom is 0.341 e. The number of pyridine rings is 1. The number of rotatable bonds is 3. The Balaban J connectivity index is 1.88. The highest BCUT2D eigenvalue weighted by atomic mass is 16.5. The molecule has 106 valence electrons. The molecule has 7 heteroatoms. The van der Waals surface area contributed by atoms with E-state index in [1.807, 2.05) is 0 Å². The van der Waals surface area contributed by atoms with Gasteiger partial charge in [-0.25, -0.2) is 14.3 Å². The highest BCUT2D eigenvalue weighted by Gasteiger charge is 2.17. The van der Waals surface area contributed by atoms with E-state index in [0.29, 0.717) is 23.6 Å². The lowest BCUT2D eigenvalue weighted by Crippen LogP contribution is -2.35. The number of morpholine rings is 1. The van der Waals surface area contributed by atoms with Gasteiger partial charge in [-0.2, -0.15) is 0 Å². The fraction of sp³-hybridized carbons (Fsp3) is 0.462. The molecular formula is C13H16N4O3. The summed E-state index contributed by atoms with van der Waals surface area (Å²) in [4.78, 5) is 18.4. The Morgan fingerprint density at radius 1 is 1.45 bits per heavy atom. The highest BCUT2D eigenvalue weighted by molar-refractivity contribution is 5.95. The van der Waals surface area contributed by atoms with Crippen LogP contribution in [0.25, 0.3) is 5.65 Å². The normalized spacial score (nSPS) is 16.4. The van der Waals surface area contributed by atoms with Gasteiger partial charge in [0.2, 0.25) is 0 Å². The third-order valence-corrected chi connectivity index (χ3v) is 3.28. The monoisotopic (exact) mass is 276 g/mol. The molecule has 1 aliphatic rings. The number of fused-ring (bicyclic) bond motifs is 1. The van der Waals surface area contributed by atoms with Crippen LogP contribution < -0.4 is 0 Å². The van der Waals surface area contributed by atoms with E-state index >= 15 is 0 Å². The molecule has 0 unspecified atom stereocenters. The van der Waals surface area contributed by atoms with Crippen molar-refractivity contribution in [2.24, 2.45) is 0 Å². The third-order valence-electron chi connectivity index (χ3n) is 3.28. The van der Waals surface area contributed by atoms with E-state index in [4.69, 9.17) is 9.47 Å². The second-order valence-corrected chi connectivity index (χ2v) is 4.60. The van der Waals surface area contributed by atoms with Gasteiger partial charge in [0.25, 0.3) is 0 Å². The lowest BCUT2D eigenvalue weighted by atomic mass is 10.3. The minimum absolute atomic E-state index is 0.402. The molecule has 1 aliphatic heterocycles. The number of aromatic nitrogens is 3. The Bertz CT molecular complexity index is 619. The first-order chi connectivity index (χ1) is 9.78. The molecule has 0 atom stereocenters. The molecule has 0 saturated carbocycles. The van der Waals surface area contributed by atoms with Gasteiger partial charge in [-0.1, -0.05) is 0 Å². The van der Waals surface area contributed by atoms with Crippen molar-refractivity contribution in [2.75, 3.05) is 33.4 Å². The Kier molecular flexibility index (Phi) is 3.62. The second kappa shape index (κ2) is 5.56. The molecule has 0 spiro atoms. The van der Waals surface area contributed by atoms with Gasteiger partial charge in [0.15, 0.2) is 11.5 Å². The van der Waals surface area contributed by atoms with Crippen LogP contribution in [0.3, 0.4) is 0 Å². The van der Waals surface area contributed by atoms with Crippen LogP contribution in [-0.2, 0) is 16.0 Å². The zero-order chi connectivity index (χ0) is 13.9. The lowest BCUT2D eigenvalue weighted by Gasteiger charge is -2.25. The maximum absolute atomic E-state index is 11.7. The van der Waals surface area contributed by atoms with Gasteiger partial charge in [0.1, 0.15) is 5.56 Å². The van der Waals surface area contributed by atoms with Crippen molar-refractivity contribution < 1.29 is 14.3 Å². The predicted octanol–water partition coefficient (Wildman–Crippen LogP) is 0.348. The van der Waals surface area contributed by atoms with E-state index in [1.54, 1.807) is 22.8 Å². The summed E-state index contributed by atoms with van der Waals surface area (Å²) in [6.07, 6.45) is 1.78. The van der Waals surface area contributed by atoms with Crippen LogP contribution in [-0.4, -0.2) is 58.9 Å². The Hall–Kier alpha value is -1.99. The Morgan fingerprint density at radius 3 is 3.00 bits per heavy atom. The predicted molar refractivity (Wildman–Crippen MR) is 70.4 cm³/mol. The van der Waals surface area contributed by atoms with E-state index in [1.165, 1.54) is 7.11 Å². The summed E-state index contributed by atoms with van der Waals surface area (Å²) < 4.78 is 11.7. The van der Waals surface area contributed by atoms with Gasteiger partial charge in [0, 0.05) is 19.3 Å². The SMILES string of the molecule is COC(=O)c1cccn2nc(CN3CCOCC3)nc12.